The smallest absolute Gasteiger partial charge is 0.0679 e. The van der Waals surface area contributed by atoms with E-state index >= 15 is 0 Å². The molecule has 0 saturated carbocycles. The molecule has 0 bridgehead atoms. The van der Waals surface area contributed by atoms with E-state index in [1.54, 1.807) is 0 Å². The van der Waals surface area contributed by atoms with Crippen molar-refractivity contribution in [3.63, 3.8) is 0 Å². The number of hydrogen-bond acceptors (Lipinski definition) is 2. The standard InChI is InChI=1S/C25H35NO/c1-24(2,3)19-11-7-17(8-12-19)23(22-15-21(27)16-26-22)18-9-13-20(14-10-18)25(4,5)6/h7-14,21-23,26-27H,15-16H2,1-6H3/t21-,22-/m0/s1. The summed E-state index contributed by atoms with van der Waals surface area (Å²) in [5.74, 6) is 0.255. The first-order chi connectivity index (χ1) is 12.6. The summed E-state index contributed by atoms with van der Waals surface area (Å²) in [7, 11) is 0. The molecular formula is C25H35NO. The van der Waals surface area contributed by atoms with Gasteiger partial charge in [0, 0.05) is 18.5 Å². The van der Waals surface area contributed by atoms with E-state index in [2.05, 4.69) is 95.4 Å². The molecule has 1 fully saturated rings. The van der Waals surface area contributed by atoms with Crippen LogP contribution in [-0.2, 0) is 10.8 Å². The van der Waals surface area contributed by atoms with Crippen molar-refractivity contribution in [1.29, 1.82) is 0 Å². The summed E-state index contributed by atoms with van der Waals surface area (Å²) >= 11 is 0. The number of β-amino-alcohol motifs (C(OH)–C–C–N with tert-alkyl or cyclic N) is 1. The second-order valence-electron chi connectivity index (χ2n) is 10.1. The Kier molecular flexibility index (Phi) is 5.52. The van der Waals surface area contributed by atoms with Gasteiger partial charge in [-0.3, -0.25) is 0 Å². The van der Waals surface area contributed by atoms with E-state index in [9.17, 15) is 5.11 Å². The lowest BCUT2D eigenvalue weighted by atomic mass is 9.80. The summed E-state index contributed by atoms with van der Waals surface area (Å²) in [6.07, 6.45) is 0.549. The van der Waals surface area contributed by atoms with Gasteiger partial charge in [-0.25, -0.2) is 0 Å². The third-order valence-corrected chi connectivity index (χ3v) is 5.82. The maximum absolute atomic E-state index is 10.1. The van der Waals surface area contributed by atoms with Crippen molar-refractivity contribution in [2.24, 2.45) is 0 Å². The molecule has 0 spiro atoms. The van der Waals surface area contributed by atoms with Gasteiger partial charge in [0.05, 0.1) is 6.10 Å². The minimum atomic E-state index is -0.250. The molecule has 2 aromatic carbocycles. The molecule has 27 heavy (non-hydrogen) atoms. The zero-order valence-corrected chi connectivity index (χ0v) is 17.7. The van der Waals surface area contributed by atoms with Crippen LogP contribution in [0, 0.1) is 0 Å². The summed E-state index contributed by atoms with van der Waals surface area (Å²) in [6, 6.07) is 18.4. The molecule has 2 N–H and O–H groups in total. The maximum atomic E-state index is 10.1. The highest BCUT2D eigenvalue weighted by Gasteiger charge is 2.32. The first-order valence-electron chi connectivity index (χ1n) is 10.2. The van der Waals surface area contributed by atoms with Gasteiger partial charge in [-0.2, -0.15) is 0 Å². The minimum Gasteiger partial charge on any atom is -0.392 e. The Morgan fingerprint density at radius 3 is 1.48 bits per heavy atom. The number of hydrogen-bond donors (Lipinski definition) is 2. The zero-order chi connectivity index (χ0) is 19.8. The quantitative estimate of drug-likeness (QED) is 0.790. The molecule has 2 aromatic rings. The monoisotopic (exact) mass is 365 g/mol. The SMILES string of the molecule is CC(C)(C)c1ccc(C(c2ccc(C(C)(C)C)cc2)[C@@H]2C[C@H](O)CN2)cc1. The third-order valence-electron chi connectivity index (χ3n) is 5.82. The molecule has 2 nitrogen and oxygen atoms in total. The van der Waals surface area contributed by atoms with E-state index in [1.807, 2.05) is 0 Å². The number of aliphatic hydroxyl groups excluding tert-OH is 1. The molecule has 146 valence electrons. The van der Waals surface area contributed by atoms with Crippen LogP contribution < -0.4 is 5.32 Å². The lowest BCUT2D eigenvalue weighted by Gasteiger charge is -2.27. The largest absolute Gasteiger partial charge is 0.392 e. The van der Waals surface area contributed by atoms with Crippen LogP contribution in [0.3, 0.4) is 0 Å². The molecule has 1 heterocycles. The second kappa shape index (κ2) is 7.41. The molecule has 2 atom stereocenters. The van der Waals surface area contributed by atoms with Gasteiger partial charge in [-0.1, -0.05) is 90.1 Å². The van der Waals surface area contributed by atoms with Crippen molar-refractivity contribution in [1.82, 2.24) is 5.32 Å². The predicted octanol–water partition coefficient (Wildman–Crippen LogP) is 5.14. The van der Waals surface area contributed by atoms with E-state index in [-0.39, 0.29) is 28.9 Å². The van der Waals surface area contributed by atoms with E-state index in [0.717, 1.165) is 6.42 Å². The minimum absolute atomic E-state index is 0.157. The van der Waals surface area contributed by atoms with Crippen LogP contribution in [0.4, 0.5) is 0 Å². The van der Waals surface area contributed by atoms with Gasteiger partial charge in [0.2, 0.25) is 0 Å². The average Bonchev–Trinajstić information content (AvgIpc) is 3.00. The number of benzene rings is 2. The highest BCUT2D eigenvalue weighted by molar-refractivity contribution is 5.39. The molecule has 1 saturated heterocycles. The fraction of sp³-hybridized carbons (Fsp3) is 0.520. The first kappa shape index (κ1) is 20.1. The Labute approximate surface area is 165 Å². The lowest BCUT2D eigenvalue weighted by Crippen LogP contribution is -2.29. The Morgan fingerprint density at radius 1 is 0.778 bits per heavy atom. The molecule has 0 aromatic heterocycles. The van der Waals surface area contributed by atoms with Gasteiger partial charge in [-0.05, 0) is 39.5 Å². The van der Waals surface area contributed by atoms with E-state index in [0.29, 0.717) is 6.54 Å². The summed E-state index contributed by atoms with van der Waals surface area (Å²) in [4.78, 5) is 0. The summed E-state index contributed by atoms with van der Waals surface area (Å²) < 4.78 is 0. The average molecular weight is 366 g/mol. The molecule has 0 radical (unpaired) electrons. The maximum Gasteiger partial charge on any atom is 0.0679 e. The zero-order valence-electron chi connectivity index (χ0n) is 17.7. The fourth-order valence-electron chi connectivity index (χ4n) is 4.04. The number of aliphatic hydroxyl groups is 1. The topological polar surface area (TPSA) is 32.3 Å². The first-order valence-corrected chi connectivity index (χ1v) is 10.2. The van der Waals surface area contributed by atoms with Crippen LogP contribution in [0.2, 0.25) is 0 Å². The Bertz CT molecular complexity index is 689. The van der Waals surface area contributed by atoms with Crippen LogP contribution in [0.25, 0.3) is 0 Å². The van der Waals surface area contributed by atoms with Crippen molar-refractivity contribution >= 4 is 0 Å². The van der Waals surface area contributed by atoms with E-state index in [1.165, 1.54) is 22.3 Å². The fourth-order valence-corrected chi connectivity index (χ4v) is 4.04. The van der Waals surface area contributed by atoms with Gasteiger partial charge < -0.3 is 10.4 Å². The third kappa shape index (κ3) is 4.62. The lowest BCUT2D eigenvalue weighted by molar-refractivity contribution is 0.192. The predicted molar refractivity (Wildman–Crippen MR) is 115 cm³/mol. The summed E-state index contributed by atoms with van der Waals surface area (Å²) in [5, 5.41) is 13.6. The molecular weight excluding hydrogens is 330 g/mol. The van der Waals surface area contributed by atoms with E-state index < -0.39 is 0 Å². The summed E-state index contributed by atoms with van der Waals surface area (Å²) in [5.41, 5.74) is 5.66. The van der Waals surface area contributed by atoms with Gasteiger partial charge in [-0.15, -0.1) is 0 Å². The number of nitrogens with one attached hydrogen (secondary N) is 1. The highest BCUT2D eigenvalue weighted by Crippen LogP contribution is 2.35. The van der Waals surface area contributed by atoms with E-state index in [4.69, 9.17) is 0 Å². The normalized spacial score (nSPS) is 21.0. The van der Waals surface area contributed by atoms with Crippen molar-refractivity contribution < 1.29 is 5.11 Å². The number of rotatable bonds is 3. The van der Waals surface area contributed by atoms with Crippen molar-refractivity contribution in [3.8, 4) is 0 Å². The molecule has 3 rings (SSSR count). The van der Waals surface area contributed by atoms with Crippen LogP contribution >= 0.6 is 0 Å². The Morgan fingerprint density at radius 2 is 1.19 bits per heavy atom. The molecule has 0 aliphatic carbocycles. The Hall–Kier alpha value is -1.64. The molecule has 1 aliphatic rings. The van der Waals surface area contributed by atoms with Gasteiger partial charge in [0.15, 0.2) is 0 Å². The second-order valence-corrected chi connectivity index (χ2v) is 10.1. The summed E-state index contributed by atoms with van der Waals surface area (Å²) in [6.45, 7) is 14.2. The molecule has 0 unspecified atom stereocenters. The van der Waals surface area contributed by atoms with Crippen molar-refractivity contribution in [2.75, 3.05) is 6.54 Å². The van der Waals surface area contributed by atoms with Crippen LogP contribution in [0.15, 0.2) is 48.5 Å². The Balaban J connectivity index is 1.97. The highest BCUT2D eigenvalue weighted by atomic mass is 16.3. The van der Waals surface area contributed by atoms with Crippen LogP contribution in [-0.4, -0.2) is 23.8 Å². The van der Waals surface area contributed by atoms with Crippen molar-refractivity contribution in [2.45, 2.75) is 76.9 Å². The van der Waals surface area contributed by atoms with Crippen LogP contribution in [0.5, 0.6) is 0 Å². The molecule has 1 aliphatic heterocycles. The van der Waals surface area contributed by atoms with Gasteiger partial charge in [0.1, 0.15) is 0 Å². The van der Waals surface area contributed by atoms with Gasteiger partial charge >= 0.3 is 0 Å². The molecule has 0 amide bonds. The molecule has 2 heteroatoms. The van der Waals surface area contributed by atoms with Gasteiger partial charge in [0.25, 0.3) is 0 Å². The van der Waals surface area contributed by atoms with Crippen LogP contribution in [0.1, 0.15) is 76.1 Å². The van der Waals surface area contributed by atoms with Crippen molar-refractivity contribution in [3.05, 3.63) is 70.8 Å².